The molecule has 0 saturated heterocycles. The molecule has 0 aliphatic carbocycles. The third-order valence-corrected chi connectivity index (χ3v) is 4.10. The number of fused-ring (bicyclic) bond motifs is 1. The summed E-state index contributed by atoms with van der Waals surface area (Å²) in [6.45, 7) is 2.82. The largest absolute Gasteiger partial charge is 0.361 e. The Hall–Kier alpha value is -1.86. The lowest BCUT2D eigenvalue weighted by Crippen LogP contribution is -2.47. The first-order chi connectivity index (χ1) is 10.7. The molecule has 7 heteroatoms. The summed E-state index contributed by atoms with van der Waals surface area (Å²) in [4.78, 5) is 17.2. The molecule has 0 saturated carbocycles. The molecule has 116 valence electrons. The number of rotatable bonds is 5. The maximum absolute atomic E-state index is 11.8. The zero-order chi connectivity index (χ0) is 15.8. The Morgan fingerprint density at radius 1 is 1.27 bits per heavy atom. The zero-order valence-electron chi connectivity index (χ0n) is 12.3. The quantitative estimate of drug-likeness (QED) is 0.443. The van der Waals surface area contributed by atoms with E-state index < -0.39 is 0 Å². The fourth-order valence-electron chi connectivity index (χ4n) is 1.78. The first-order valence-electron chi connectivity index (χ1n) is 7.00. The molecule has 0 aliphatic heterocycles. The number of pyridine rings is 1. The average molecular weight is 334 g/mol. The number of nitrogens with zero attached hydrogens (tertiary/aromatic N) is 1. The minimum Gasteiger partial charge on any atom is -0.361 e. The second-order valence-electron chi connectivity index (χ2n) is 4.55. The summed E-state index contributed by atoms with van der Waals surface area (Å²) in [5, 5.41) is 4.46. The van der Waals surface area contributed by atoms with Gasteiger partial charge in [0, 0.05) is 23.0 Å². The number of thioether (sulfide) groups is 1. The number of aromatic nitrogens is 1. The zero-order valence-corrected chi connectivity index (χ0v) is 13.9. The summed E-state index contributed by atoms with van der Waals surface area (Å²) in [6, 6.07) is 9.84. The minimum absolute atomic E-state index is 0.140. The van der Waals surface area contributed by atoms with E-state index in [9.17, 15) is 4.79 Å². The van der Waals surface area contributed by atoms with Crippen LogP contribution in [0.2, 0.25) is 0 Å². The van der Waals surface area contributed by atoms with E-state index in [0.29, 0.717) is 10.9 Å². The lowest BCUT2D eigenvalue weighted by Gasteiger charge is -2.11. The third-order valence-electron chi connectivity index (χ3n) is 2.81. The van der Waals surface area contributed by atoms with Crippen LogP contribution in [0.1, 0.15) is 13.3 Å². The van der Waals surface area contributed by atoms with Crippen molar-refractivity contribution in [1.29, 1.82) is 0 Å². The fourth-order valence-corrected chi connectivity index (χ4v) is 2.78. The van der Waals surface area contributed by atoms with Gasteiger partial charge in [0.25, 0.3) is 0 Å². The number of benzene rings is 1. The number of para-hydroxylation sites is 1. The molecule has 1 aromatic carbocycles. The highest BCUT2D eigenvalue weighted by Gasteiger charge is 2.06. The number of carbonyl (C=O) groups excluding carboxylic acids is 1. The van der Waals surface area contributed by atoms with Crippen LogP contribution >= 0.6 is 24.0 Å². The van der Waals surface area contributed by atoms with Crippen LogP contribution in [-0.2, 0) is 4.79 Å². The van der Waals surface area contributed by atoms with Crippen molar-refractivity contribution in [2.45, 2.75) is 18.2 Å². The molecule has 0 aliphatic rings. The Morgan fingerprint density at radius 3 is 2.91 bits per heavy atom. The molecule has 0 atom stereocenters. The molecule has 0 bridgehead atoms. The summed E-state index contributed by atoms with van der Waals surface area (Å²) >= 11 is 6.47. The van der Waals surface area contributed by atoms with Crippen LogP contribution in [0, 0.1) is 0 Å². The summed E-state index contributed by atoms with van der Waals surface area (Å²) in [5.74, 6) is 0.151. The molecule has 5 nitrogen and oxygen atoms in total. The smallest absolute Gasteiger partial charge is 0.248 e. The third kappa shape index (κ3) is 4.85. The van der Waals surface area contributed by atoms with E-state index in [1.165, 1.54) is 11.8 Å². The van der Waals surface area contributed by atoms with E-state index in [4.69, 9.17) is 12.2 Å². The average Bonchev–Trinajstić information content (AvgIpc) is 2.56. The molecule has 0 fully saturated rings. The van der Waals surface area contributed by atoms with E-state index in [1.807, 2.05) is 37.3 Å². The normalized spacial score (nSPS) is 10.2. The highest BCUT2D eigenvalue weighted by Crippen LogP contribution is 2.25. The van der Waals surface area contributed by atoms with Crippen molar-refractivity contribution in [2.75, 3.05) is 12.3 Å². The predicted octanol–water partition coefficient (Wildman–Crippen LogP) is 2.23. The summed E-state index contributed by atoms with van der Waals surface area (Å²) in [6.07, 6.45) is 2.73. The van der Waals surface area contributed by atoms with Crippen LogP contribution in [-0.4, -0.2) is 28.3 Å². The van der Waals surface area contributed by atoms with Crippen LogP contribution < -0.4 is 16.2 Å². The van der Waals surface area contributed by atoms with Crippen molar-refractivity contribution in [1.82, 2.24) is 21.2 Å². The molecular formula is C15H18N4OS2. The maximum Gasteiger partial charge on any atom is 0.248 e. The van der Waals surface area contributed by atoms with Gasteiger partial charge in [0.15, 0.2) is 5.11 Å². The van der Waals surface area contributed by atoms with Crippen molar-refractivity contribution >= 4 is 45.9 Å². The number of hydrogen-bond acceptors (Lipinski definition) is 4. The summed E-state index contributed by atoms with van der Waals surface area (Å²) in [5.41, 5.74) is 6.17. The number of amides is 1. The molecule has 3 N–H and O–H groups in total. The van der Waals surface area contributed by atoms with E-state index in [1.54, 1.807) is 6.20 Å². The van der Waals surface area contributed by atoms with Gasteiger partial charge in [-0.25, -0.2) is 0 Å². The summed E-state index contributed by atoms with van der Waals surface area (Å²) < 4.78 is 0. The van der Waals surface area contributed by atoms with Gasteiger partial charge < -0.3 is 5.32 Å². The second kappa shape index (κ2) is 8.55. The summed E-state index contributed by atoms with van der Waals surface area (Å²) in [7, 11) is 0. The number of carbonyl (C=O) groups is 1. The first kappa shape index (κ1) is 16.5. The van der Waals surface area contributed by atoms with Gasteiger partial charge >= 0.3 is 0 Å². The van der Waals surface area contributed by atoms with Gasteiger partial charge in [-0.2, -0.15) is 0 Å². The van der Waals surface area contributed by atoms with Crippen molar-refractivity contribution in [3.63, 3.8) is 0 Å². The van der Waals surface area contributed by atoms with Crippen molar-refractivity contribution < 1.29 is 4.79 Å². The van der Waals surface area contributed by atoms with Crippen molar-refractivity contribution in [2.24, 2.45) is 0 Å². The predicted molar refractivity (Wildman–Crippen MR) is 94.6 cm³/mol. The number of thiocarbonyl (C=S) groups is 1. The van der Waals surface area contributed by atoms with Crippen molar-refractivity contribution in [3.05, 3.63) is 36.5 Å². The molecule has 22 heavy (non-hydrogen) atoms. The molecule has 0 radical (unpaired) electrons. The monoisotopic (exact) mass is 334 g/mol. The van der Waals surface area contributed by atoms with E-state index in [-0.39, 0.29) is 5.91 Å². The van der Waals surface area contributed by atoms with Gasteiger partial charge in [0.1, 0.15) is 0 Å². The number of hydrazine groups is 1. The lowest BCUT2D eigenvalue weighted by atomic mass is 10.2. The molecule has 2 rings (SSSR count). The van der Waals surface area contributed by atoms with E-state index >= 15 is 0 Å². The first-order valence-corrected chi connectivity index (χ1v) is 8.39. The fraction of sp³-hybridized carbons (Fsp3) is 0.267. The minimum atomic E-state index is -0.140. The topological polar surface area (TPSA) is 66.0 Å². The van der Waals surface area contributed by atoms with Crippen LogP contribution in [0.4, 0.5) is 0 Å². The molecule has 1 amide bonds. The van der Waals surface area contributed by atoms with E-state index in [0.717, 1.165) is 28.8 Å². The molecule has 0 unspecified atom stereocenters. The van der Waals surface area contributed by atoms with Gasteiger partial charge in [0.2, 0.25) is 5.91 Å². The Morgan fingerprint density at radius 2 is 2.09 bits per heavy atom. The van der Waals surface area contributed by atoms with Gasteiger partial charge in [-0.3, -0.25) is 20.6 Å². The van der Waals surface area contributed by atoms with Crippen LogP contribution in [0.5, 0.6) is 0 Å². The van der Waals surface area contributed by atoms with E-state index in [2.05, 4.69) is 21.2 Å². The molecule has 1 aromatic heterocycles. The van der Waals surface area contributed by atoms with Gasteiger partial charge in [-0.1, -0.05) is 25.1 Å². The van der Waals surface area contributed by atoms with Gasteiger partial charge in [0.05, 0.1) is 11.3 Å². The van der Waals surface area contributed by atoms with Crippen molar-refractivity contribution in [3.8, 4) is 0 Å². The number of nitrogens with one attached hydrogen (secondary N) is 3. The Bertz CT molecular complexity index is 658. The second-order valence-corrected chi connectivity index (χ2v) is 5.97. The molecular weight excluding hydrogens is 316 g/mol. The van der Waals surface area contributed by atoms with Crippen LogP contribution in [0.3, 0.4) is 0 Å². The molecule has 2 aromatic rings. The number of hydrogen-bond donors (Lipinski definition) is 3. The van der Waals surface area contributed by atoms with Gasteiger partial charge in [-0.15, -0.1) is 11.8 Å². The van der Waals surface area contributed by atoms with Crippen LogP contribution in [0.25, 0.3) is 10.9 Å². The van der Waals surface area contributed by atoms with Crippen LogP contribution in [0.15, 0.2) is 41.4 Å². The lowest BCUT2D eigenvalue weighted by molar-refractivity contribution is -0.119. The maximum atomic E-state index is 11.8. The van der Waals surface area contributed by atoms with Gasteiger partial charge in [-0.05, 0) is 30.8 Å². The highest BCUT2D eigenvalue weighted by atomic mass is 32.2. The Labute approximate surface area is 139 Å². The SMILES string of the molecule is CCCNC(=S)NNC(=O)CSc1cccc2cccnc12. The standard InChI is InChI=1S/C15H18N4OS2/c1-2-8-17-15(21)19-18-13(20)10-22-12-7-3-5-11-6-4-9-16-14(11)12/h3-7,9H,2,8,10H2,1H3,(H,18,20)(H2,17,19,21). The Balaban J connectivity index is 1.84. The molecule has 1 heterocycles. The highest BCUT2D eigenvalue weighted by molar-refractivity contribution is 8.00. The molecule has 0 spiro atoms. The Kier molecular flexibility index (Phi) is 6.42.